The molecule has 5 N–H and O–H groups in total. The van der Waals surface area contributed by atoms with Gasteiger partial charge in [-0.2, -0.15) is 0 Å². The number of hydrogen-bond acceptors (Lipinski definition) is 5. The average Bonchev–Trinajstić information content (AvgIpc) is 2.29. The lowest BCUT2D eigenvalue weighted by molar-refractivity contribution is -0.156. The Labute approximate surface area is 112 Å². The van der Waals surface area contributed by atoms with Crippen molar-refractivity contribution < 1.29 is 44.4 Å². The highest BCUT2D eigenvalue weighted by atomic mass is 16.4. The summed E-state index contributed by atoms with van der Waals surface area (Å²) < 4.78 is 0. The van der Waals surface area contributed by atoms with E-state index in [0.717, 1.165) is 0 Å². The topological polar surface area (TPSA) is 178 Å². The van der Waals surface area contributed by atoms with Crippen molar-refractivity contribution in [1.82, 2.24) is 5.32 Å². The Balaban J connectivity index is 4.60. The second-order valence-corrected chi connectivity index (χ2v) is 3.82. The van der Waals surface area contributed by atoms with Crippen molar-refractivity contribution in [2.24, 2.45) is 5.92 Å². The molecule has 10 heteroatoms. The second kappa shape index (κ2) is 7.71. The molecule has 0 spiro atoms. The Hall–Kier alpha value is -2.65. The van der Waals surface area contributed by atoms with Gasteiger partial charge in [-0.1, -0.05) is 0 Å². The van der Waals surface area contributed by atoms with Crippen LogP contribution in [-0.4, -0.2) is 56.3 Å². The molecule has 0 fully saturated rings. The first-order chi connectivity index (χ1) is 9.15. The number of carboxylic acids is 4. The van der Waals surface area contributed by atoms with Crippen LogP contribution in [0.2, 0.25) is 0 Å². The first-order valence-corrected chi connectivity index (χ1v) is 5.34. The zero-order chi connectivity index (χ0) is 15.9. The Kier molecular flexibility index (Phi) is 6.69. The molecule has 0 heterocycles. The average molecular weight is 291 g/mol. The molecule has 10 nitrogen and oxygen atoms in total. The molecule has 0 aromatic carbocycles. The lowest BCUT2D eigenvalue weighted by atomic mass is 10.0. The minimum absolute atomic E-state index is 0.402. The normalized spacial score (nSPS) is 11.7. The van der Waals surface area contributed by atoms with Gasteiger partial charge >= 0.3 is 23.9 Å². The molecule has 0 aliphatic rings. The van der Waals surface area contributed by atoms with Crippen LogP contribution in [0.3, 0.4) is 0 Å². The van der Waals surface area contributed by atoms with Crippen LogP contribution < -0.4 is 5.32 Å². The highest BCUT2D eigenvalue weighted by Crippen LogP contribution is 2.05. The van der Waals surface area contributed by atoms with Crippen LogP contribution >= 0.6 is 0 Å². The second-order valence-electron chi connectivity index (χ2n) is 3.82. The minimum Gasteiger partial charge on any atom is -0.481 e. The van der Waals surface area contributed by atoms with Gasteiger partial charge in [0.1, 0.15) is 6.04 Å². The third-order valence-electron chi connectivity index (χ3n) is 2.27. The van der Waals surface area contributed by atoms with Gasteiger partial charge in [-0.25, -0.2) is 4.79 Å². The third-order valence-corrected chi connectivity index (χ3v) is 2.27. The van der Waals surface area contributed by atoms with E-state index in [2.05, 4.69) is 0 Å². The molecule has 0 saturated carbocycles. The van der Waals surface area contributed by atoms with Gasteiger partial charge < -0.3 is 25.7 Å². The van der Waals surface area contributed by atoms with E-state index in [1.165, 1.54) is 0 Å². The number of carboxylic acid groups (broad SMARTS) is 4. The zero-order valence-electron chi connectivity index (χ0n) is 10.1. The molecule has 0 bridgehead atoms. The van der Waals surface area contributed by atoms with Gasteiger partial charge in [-0.05, 0) is 6.42 Å². The fourth-order valence-electron chi connectivity index (χ4n) is 1.24. The zero-order valence-corrected chi connectivity index (χ0v) is 10.1. The summed E-state index contributed by atoms with van der Waals surface area (Å²) in [6, 6.07) is -1.53. The number of rotatable bonds is 9. The van der Waals surface area contributed by atoms with E-state index in [1.54, 1.807) is 0 Å². The highest BCUT2D eigenvalue weighted by molar-refractivity contribution is 5.97. The van der Waals surface area contributed by atoms with Gasteiger partial charge in [-0.3, -0.25) is 19.2 Å². The van der Waals surface area contributed by atoms with Crippen LogP contribution in [0.5, 0.6) is 0 Å². The largest absolute Gasteiger partial charge is 0.481 e. The smallest absolute Gasteiger partial charge is 0.326 e. The van der Waals surface area contributed by atoms with E-state index in [9.17, 15) is 24.0 Å². The summed E-state index contributed by atoms with van der Waals surface area (Å²) in [4.78, 5) is 53.6. The van der Waals surface area contributed by atoms with E-state index >= 15 is 0 Å². The SMILES string of the molecule is O=C(O)CC[C@H](NC(=O)CC(C(=O)O)C(=O)O)C(=O)O. The van der Waals surface area contributed by atoms with Crippen molar-refractivity contribution in [2.75, 3.05) is 0 Å². The Morgan fingerprint density at radius 2 is 1.35 bits per heavy atom. The summed E-state index contributed by atoms with van der Waals surface area (Å²) in [5, 5.41) is 36.2. The maximum absolute atomic E-state index is 11.4. The molecule has 0 aromatic heterocycles. The Morgan fingerprint density at radius 1 is 0.850 bits per heavy atom. The molecule has 0 unspecified atom stereocenters. The molecule has 1 atom stereocenters. The third kappa shape index (κ3) is 6.33. The molecule has 0 aliphatic carbocycles. The van der Waals surface area contributed by atoms with Crippen LogP contribution in [0.1, 0.15) is 19.3 Å². The molecule has 112 valence electrons. The van der Waals surface area contributed by atoms with Gasteiger partial charge in [-0.15, -0.1) is 0 Å². The first kappa shape index (κ1) is 17.4. The number of nitrogens with one attached hydrogen (secondary N) is 1. The summed E-state index contributed by atoms with van der Waals surface area (Å²) in [6.45, 7) is 0. The minimum atomic E-state index is -2.00. The number of carbonyl (C=O) groups excluding carboxylic acids is 1. The Morgan fingerprint density at radius 3 is 1.70 bits per heavy atom. The number of aliphatic carboxylic acids is 4. The maximum Gasteiger partial charge on any atom is 0.326 e. The molecule has 1 amide bonds. The van der Waals surface area contributed by atoms with Crippen LogP contribution in [0.25, 0.3) is 0 Å². The molecule has 0 rings (SSSR count). The van der Waals surface area contributed by atoms with E-state index in [-0.39, 0.29) is 0 Å². The summed E-state index contributed by atoms with van der Waals surface area (Å²) in [7, 11) is 0. The maximum atomic E-state index is 11.4. The predicted octanol–water partition coefficient (Wildman–Crippen LogP) is -1.40. The highest BCUT2D eigenvalue weighted by Gasteiger charge is 2.30. The summed E-state index contributed by atoms with van der Waals surface area (Å²) in [6.07, 6.45) is -1.86. The number of amides is 1. The van der Waals surface area contributed by atoms with E-state index in [0.29, 0.717) is 0 Å². The lowest BCUT2D eigenvalue weighted by Gasteiger charge is -2.14. The number of hydrogen-bond donors (Lipinski definition) is 5. The van der Waals surface area contributed by atoms with Crippen molar-refractivity contribution >= 4 is 29.8 Å². The van der Waals surface area contributed by atoms with Crippen LogP contribution in [0.15, 0.2) is 0 Å². The lowest BCUT2D eigenvalue weighted by Crippen LogP contribution is -2.43. The molecule has 0 saturated heterocycles. The van der Waals surface area contributed by atoms with Gasteiger partial charge in [0.2, 0.25) is 5.91 Å². The first-order valence-electron chi connectivity index (χ1n) is 5.34. The van der Waals surface area contributed by atoms with Gasteiger partial charge in [0, 0.05) is 6.42 Å². The fourth-order valence-corrected chi connectivity index (χ4v) is 1.24. The molecule has 0 aliphatic heterocycles. The summed E-state index contributed by atoms with van der Waals surface area (Å²) in [5.74, 6) is -9.32. The van der Waals surface area contributed by atoms with Crippen molar-refractivity contribution in [1.29, 1.82) is 0 Å². The van der Waals surface area contributed by atoms with Crippen LogP contribution in [-0.2, 0) is 24.0 Å². The monoisotopic (exact) mass is 291 g/mol. The van der Waals surface area contributed by atoms with Crippen LogP contribution in [0.4, 0.5) is 0 Å². The van der Waals surface area contributed by atoms with Gasteiger partial charge in [0.05, 0.1) is 6.42 Å². The fraction of sp³-hybridized carbons (Fsp3) is 0.500. The van der Waals surface area contributed by atoms with Crippen LogP contribution in [0, 0.1) is 5.92 Å². The quantitative estimate of drug-likeness (QED) is 0.319. The van der Waals surface area contributed by atoms with Crippen molar-refractivity contribution in [2.45, 2.75) is 25.3 Å². The van der Waals surface area contributed by atoms with Crippen molar-refractivity contribution in [3.05, 3.63) is 0 Å². The van der Waals surface area contributed by atoms with E-state index in [4.69, 9.17) is 20.4 Å². The van der Waals surface area contributed by atoms with Crippen molar-refractivity contribution in [3.63, 3.8) is 0 Å². The van der Waals surface area contributed by atoms with E-state index < -0.39 is 61.0 Å². The van der Waals surface area contributed by atoms with Gasteiger partial charge in [0.15, 0.2) is 5.92 Å². The standard InChI is InChI=1S/C10H13NO9/c12-6(3-4(8(15)16)9(17)18)11-5(10(19)20)1-2-7(13)14/h4-5H,1-3H2,(H,11,12)(H,13,14)(H,15,16)(H,17,18)(H,19,20)/t5-/m0/s1. The Bertz CT molecular complexity index is 416. The molecule has 0 radical (unpaired) electrons. The molecule has 0 aromatic rings. The number of carbonyl (C=O) groups is 5. The molecular formula is C10H13NO9. The van der Waals surface area contributed by atoms with Gasteiger partial charge in [0.25, 0.3) is 0 Å². The summed E-state index contributed by atoms with van der Waals surface area (Å²) >= 11 is 0. The summed E-state index contributed by atoms with van der Waals surface area (Å²) in [5.41, 5.74) is 0. The van der Waals surface area contributed by atoms with Crippen molar-refractivity contribution in [3.8, 4) is 0 Å². The van der Waals surface area contributed by atoms with E-state index in [1.807, 2.05) is 5.32 Å². The molecule has 20 heavy (non-hydrogen) atoms. The molecular weight excluding hydrogens is 278 g/mol. The predicted molar refractivity (Wildman–Crippen MR) is 59.8 cm³/mol.